The van der Waals surface area contributed by atoms with Crippen LogP contribution in [0.5, 0.6) is 0 Å². The van der Waals surface area contributed by atoms with Gasteiger partial charge >= 0.3 is 0 Å². The van der Waals surface area contributed by atoms with Gasteiger partial charge in [-0.15, -0.1) is 0 Å². The van der Waals surface area contributed by atoms with Gasteiger partial charge in [0, 0.05) is 17.8 Å². The average molecular weight is 398 g/mol. The summed E-state index contributed by atoms with van der Waals surface area (Å²) < 4.78 is 26.7. The highest BCUT2D eigenvalue weighted by atomic mass is 31.1. The highest BCUT2D eigenvalue weighted by Crippen LogP contribution is 2.69. The Morgan fingerprint density at radius 3 is 2.48 bits per heavy atom. The first-order valence-electron chi connectivity index (χ1n) is 11.0. The molecule has 3 fully saturated rings. The zero-order valence-corrected chi connectivity index (χ0v) is 18.0. The minimum Gasteiger partial charge on any atom is -0.396 e. The van der Waals surface area contributed by atoms with E-state index < -0.39 is 8.03 Å². The summed E-state index contributed by atoms with van der Waals surface area (Å²) in [5, 5.41) is 9.96. The predicted molar refractivity (Wildman–Crippen MR) is 106 cm³/mol. The van der Waals surface area contributed by atoms with Crippen molar-refractivity contribution in [3.63, 3.8) is 0 Å². The number of hydrogen-bond acceptors (Lipinski definition) is 2. The van der Waals surface area contributed by atoms with Crippen LogP contribution in [0.15, 0.2) is 11.1 Å². The van der Waals surface area contributed by atoms with Gasteiger partial charge in [0.15, 0.2) is 0 Å². The molecule has 0 radical (unpaired) electrons. The first kappa shape index (κ1) is 20.1. The van der Waals surface area contributed by atoms with Gasteiger partial charge in [-0.05, 0) is 91.8 Å². The summed E-state index contributed by atoms with van der Waals surface area (Å²) in [6, 6.07) is 0. The van der Waals surface area contributed by atoms with Gasteiger partial charge in [0.05, 0.1) is 0 Å². The maximum Gasteiger partial charge on any atom is 0.216 e. The van der Waals surface area contributed by atoms with Gasteiger partial charge in [-0.3, -0.25) is 4.57 Å². The third-order valence-corrected chi connectivity index (χ3v) is 10.7. The van der Waals surface area contributed by atoms with Crippen LogP contribution >= 0.6 is 8.03 Å². The summed E-state index contributed by atoms with van der Waals surface area (Å²) in [6.45, 7) is 7.21. The molecule has 9 atom stereocenters. The van der Waals surface area contributed by atoms with Crippen molar-refractivity contribution in [2.75, 3.05) is 6.61 Å². The molecule has 0 aromatic carbocycles. The molecule has 0 saturated heterocycles. The molecular formula is C22H36FO3P. The highest BCUT2D eigenvalue weighted by Gasteiger charge is 2.61. The van der Waals surface area contributed by atoms with Crippen LogP contribution in [0.1, 0.15) is 72.1 Å². The molecule has 4 aliphatic carbocycles. The third kappa shape index (κ3) is 2.84. The monoisotopic (exact) mass is 398 g/mol. The highest BCUT2D eigenvalue weighted by molar-refractivity contribution is 7.43. The van der Waals surface area contributed by atoms with Gasteiger partial charge in [-0.25, -0.2) is 4.39 Å². The van der Waals surface area contributed by atoms with Crippen molar-refractivity contribution >= 4 is 8.03 Å². The second kappa shape index (κ2) is 6.96. The van der Waals surface area contributed by atoms with Crippen LogP contribution in [0.4, 0.5) is 4.39 Å². The zero-order chi connectivity index (χ0) is 19.6. The molecule has 0 spiro atoms. The summed E-state index contributed by atoms with van der Waals surface area (Å²) in [6.07, 6.45) is 8.01. The molecule has 154 valence electrons. The van der Waals surface area contributed by atoms with E-state index in [0.29, 0.717) is 41.4 Å². The fraction of sp³-hybridized carbons (Fsp3) is 0.909. The molecule has 3 saturated carbocycles. The SMILES string of the molecule is CC(CO)[C@H]1CC[C@H]2[C@@H]3CCC4C(F)=C([PH](=O)O)CC[C@]4(C)[C@H]3CC[C@]12C. The van der Waals surface area contributed by atoms with Crippen LogP contribution in [0.3, 0.4) is 0 Å². The zero-order valence-electron chi connectivity index (χ0n) is 17.0. The molecule has 2 N–H and O–H groups in total. The van der Waals surface area contributed by atoms with Gasteiger partial charge < -0.3 is 10.00 Å². The van der Waals surface area contributed by atoms with Crippen molar-refractivity contribution in [1.82, 2.24) is 0 Å². The summed E-state index contributed by atoms with van der Waals surface area (Å²) in [4.78, 5) is 9.54. The minimum atomic E-state index is -2.90. The van der Waals surface area contributed by atoms with Crippen LogP contribution in [0.25, 0.3) is 0 Å². The molecule has 0 heterocycles. The molecule has 3 nitrogen and oxygen atoms in total. The third-order valence-electron chi connectivity index (χ3n) is 9.68. The number of fused-ring (bicyclic) bond motifs is 5. The number of halogens is 1. The van der Waals surface area contributed by atoms with Crippen molar-refractivity contribution in [1.29, 1.82) is 0 Å². The molecular weight excluding hydrogens is 362 g/mol. The van der Waals surface area contributed by atoms with E-state index in [2.05, 4.69) is 20.8 Å². The predicted octanol–water partition coefficient (Wildman–Crippen LogP) is 5.53. The summed E-state index contributed by atoms with van der Waals surface area (Å²) >= 11 is 0. The normalized spacial score (nSPS) is 49.2. The molecule has 0 aromatic heterocycles. The minimum absolute atomic E-state index is 0.0597. The lowest BCUT2D eigenvalue weighted by atomic mass is 9.45. The van der Waals surface area contributed by atoms with E-state index in [-0.39, 0.29) is 29.1 Å². The van der Waals surface area contributed by atoms with Crippen LogP contribution < -0.4 is 0 Å². The lowest BCUT2D eigenvalue weighted by Crippen LogP contribution is -2.53. The van der Waals surface area contributed by atoms with Crippen LogP contribution in [-0.4, -0.2) is 16.6 Å². The van der Waals surface area contributed by atoms with Crippen LogP contribution in [0, 0.1) is 46.3 Å². The molecule has 0 bridgehead atoms. The average Bonchev–Trinajstić information content (AvgIpc) is 2.98. The van der Waals surface area contributed by atoms with E-state index in [1.54, 1.807) is 0 Å². The summed E-state index contributed by atoms with van der Waals surface area (Å²) in [7, 11) is -2.90. The number of hydrogen-bond donors (Lipinski definition) is 2. The maximum atomic E-state index is 15.1. The van der Waals surface area contributed by atoms with E-state index in [4.69, 9.17) is 0 Å². The van der Waals surface area contributed by atoms with Crippen LogP contribution in [-0.2, 0) is 4.57 Å². The van der Waals surface area contributed by atoms with Crippen LogP contribution in [0.2, 0.25) is 0 Å². The number of aliphatic hydroxyl groups excluding tert-OH is 1. The van der Waals surface area contributed by atoms with Gasteiger partial charge in [0.1, 0.15) is 5.83 Å². The van der Waals surface area contributed by atoms with Gasteiger partial charge in [0.25, 0.3) is 0 Å². The van der Waals surface area contributed by atoms with Gasteiger partial charge in [0.2, 0.25) is 8.03 Å². The van der Waals surface area contributed by atoms with Crippen molar-refractivity contribution in [3.05, 3.63) is 11.1 Å². The Morgan fingerprint density at radius 1 is 1.11 bits per heavy atom. The molecule has 0 amide bonds. The molecule has 0 aromatic rings. The fourth-order valence-electron chi connectivity index (χ4n) is 8.27. The molecule has 0 aliphatic heterocycles. The van der Waals surface area contributed by atoms with E-state index in [9.17, 15) is 14.6 Å². The van der Waals surface area contributed by atoms with E-state index in [1.807, 2.05) is 0 Å². The quantitative estimate of drug-likeness (QED) is 0.615. The molecule has 3 unspecified atom stereocenters. The van der Waals surface area contributed by atoms with Gasteiger partial charge in [-0.2, -0.15) is 0 Å². The Morgan fingerprint density at radius 2 is 1.81 bits per heavy atom. The Bertz CT molecular complexity index is 664. The number of rotatable bonds is 3. The Labute approximate surface area is 163 Å². The molecule has 4 aliphatic rings. The van der Waals surface area contributed by atoms with E-state index in [0.717, 1.165) is 25.7 Å². The lowest BCUT2D eigenvalue weighted by molar-refractivity contribution is -0.104. The Kier molecular flexibility index (Phi) is 5.18. The largest absolute Gasteiger partial charge is 0.396 e. The molecule has 5 heteroatoms. The van der Waals surface area contributed by atoms with Crippen molar-refractivity contribution in [2.24, 2.45) is 46.3 Å². The van der Waals surface area contributed by atoms with Crippen molar-refractivity contribution < 1.29 is 19.0 Å². The number of aliphatic hydroxyl groups is 1. The maximum absolute atomic E-state index is 15.1. The Hall–Kier alpha value is -0.180. The molecule has 27 heavy (non-hydrogen) atoms. The van der Waals surface area contributed by atoms with E-state index >= 15 is 4.39 Å². The summed E-state index contributed by atoms with van der Waals surface area (Å²) in [5.74, 6) is 2.46. The Balaban J connectivity index is 1.63. The second-order valence-corrected chi connectivity index (χ2v) is 11.7. The molecule has 4 rings (SSSR count). The number of allylic oxidation sites excluding steroid dienone is 2. The summed E-state index contributed by atoms with van der Waals surface area (Å²) in [5.41, 5.74) is 0.257. The fourth-order valence-corrected chi connectivity index (χ4v) is 8.99. The lowest BCUT2D eigenvalue weighted by Gasteiger charge is -2.60. The van der Waals surface area contributed by atoms with E-state index in [1.165, 1.54) is 19.3 Å². The first-order chi connectivity index (χ1) is 12.7. The van der Waals surface area contributed by atoms with Gasteiger partial charge in [-0.1, -0.05) is 20.8 Å². The second-order valence-electron chi connectivity index (χ2n) is 10.5. The van der Waals surface area contributed by atoms with Crippen molar-refractivity contribution in [3.8, 4) is 0 Å². The van der Waals surface area contributed by atoms with Crippen molar-refractivity contribution in [2.45, 2.75) is 72.1 Å². The topological polar surface area (TPSA) is 57.5 Å². The first-order valence-corrected chi connectivity index (χ1v) is 12.3. The standard InChI is InChI=1S/C22H36FO3P/c1-13(12-24)15-6-7-16-14-4-5-18-20(23)19(27(25)26)9-11-22(18,3)17(14)8-10-21(15,16)2/h13-18,24,27H,4-12H2,1-3H3,(H,25,26)/t13?,14-,15+,16-,17-,18?,21+,22+/m0/s1. The smallest absolute Gasteiger partial charge is 0.216 e.